The monoisotopic (exact) mass is 316 g/mol. The lowest BCUT2D eigenvalue weighted by atomic mass is 9.97. The Hall–Kier alpha value is 0.1000. The molecule has 18 heavy (non-hydrogen) atoms. The van der Waals surface area contributed by atoms with Gasteiger partial charge in [-0.2, -0.15) is 0 Å². The molecule has 3 atom stereocenters. The molecule has 0 aliphatic carbocycles. The molecule has 4 heteroatoms. The van der Waals surface area contributed by atoms with E-state index >= 15 is 0 Å². The summed E-state index contributed by atoms with van der Waals surface area (Å²) in [5, 5.41) is 0. The van der Waals surface area contributed by atoms with Crippen molar-refractivity contribution in [3.8, 4) is 0 Å². The molecule has 0 bridgehead atoms. The zero-order valence-corrected chi connectivity index (χ0v) is 12.7. The summed E-state index contributed by atoms with van der Waals surface area (Å²) in [6.45, 7) is 5.02. The first-order chi connectivity index (χ1) is 8.46. The fourth-order valence-electron chi connectivity index (χ4n) is 3.07. The second kappa shape index (κ2) is 4.30. The van der Waals surface area contributed by atoms with Crippen LogP contribution in [0, 0.1) is 0 Å². The first-order valence-corrected chi connectivity index (χ1v) is 7.75. The van der Waals surface area contributed by atoms with E-state index in [-0.39, 0.29) is 10.4 Å². The summed E-state index contributed by atoms with van der Waals surface area (Å²) < 4.78 is 18.4. The van der Waals surface area contributed by atoms with Gasteiger partial charge in [0.25, 0.3) is 0 Å². The van der Waals surface area contributed by atoms with Gasteiger partial charge >= 0.3 is 0 Å². The highest BCUT2D eigenvalue weighted by molar-refractivity contribution is 9.09. The zero-order chi connectivity index (χ0) is 12.9. The molecular weight excluding hydrogens is 296 g/mol. The van der Waals surface area contributed by atoms with Crippen LogP contribution in [0.5, 0.6) is 0 Å². The molecule has 3 heterocycles. The molecule has 3 nitrogen and oxygen atoms in total. The van der Waals surface area contributed by atoms with Gasteiger partial charge in [-0.1, -0.05) is 22.0 Å². The predicted octanol–water partition coefficient (Wildman–Crippen LogP) is 3.52. The lowest BCUT2D eigenvalue weighted by molar-refractivity contribution is -0.352. The highest BCUT2D eigenvalue weighted by atomic mass is 79.9. The van der Waals surface area contributed by atoms with Crippen LogP contribution in [0.15, 0.2) is 12.2 Å². The van der Waals surface area contributed by atoms with Crippen LogP contribution in [0.2, 0.25) is 0 Å². The van der Waals surface area contributed by atoms with Gasteiger partial charge in [0.15, 0.2) is 11.6 Å². The van der Waals surface area contributed by atoms with E-state index in [1.807, 2.05) is 0 Å². The average molecular weight is 317 g/mol. The Morgan fingerprint density at radius 3 is 2.56 bits per heavy atom. The second-order valence-corrected chi connectivity index (χ2v) is 7.14. The molecule has 3 rings (SSSR count). The van der Waals surface area contributed by atoms with Crippen LogP contribution in [0.25, 0.3) is 0 Å². The summed E-state index contributed by atoms with van der Waals surface area (Å²) >= 11 is 3.68. The van der Waals surface area contributed by atoms with Gasteiger partial charge in [0, 0.05) is 12.8 Å². The summed E-state index contributed by atoms with van der Waals surface area (Å²) in [7, 11) is 0. The molecule has 2 fully saturated rings. The highest BCUT2D eigenvalue weighted by Crippen LogP contribution is 2.49. The Kier molecular flexibility index (Phi) is 3.13. The topological polar surface area (TPSA) is 27.7 Å². The maximum absolute atomic E-state index is 6.33. The molecule has 2 saturated heterocycles. The van der Waals surface area contributed by atoms with Crippen molar-refractivity contribution in [3.05, 3.63) is 12.2 Å². The van der Waals surface area contributed by atoms with Crippen LogP contribution >= 0.6 is 15.9 Å². The number of rotatable bonds is 0. The first kappa shape index (κ1) is 13.1. The molecular formula is C14H21BrO3. The number of hydrogen-bond acceptors (Lipinski definition) is 3. The SMILES string of the molecule is CC1(C)CC[C@]2(O1)O[C@]1(C=C[C@@H]2Br)CCCCO1. The van der Waals surface area contributed by atoms with Crippen LogP contribution in [-0.2, 0) is 14.2 Å². The third-order valence-corrected chi connectivity index (χ3v) is 5.08. The summed E-state index contributed by atoms with van der Waals surface area (Å²) in [5.74, 6) is -1.11. The maximum atomic E-state index is 6.33. The number of halogens is 1. The molecule has 0 aromatic carbocycles. The zero-order valence-electron chi connectivity index (χ0n) is 11.1. The number of hydrogen-bond donors (Lipinski definition) is 0. The van der Waals surface area contributed by atoms with E-state index in [1.54, 1.807) is 0 Å². The molecule has 0 saturated carbocycles. The van der Waals surface area contributed by atoms with Crippen molar-refractivity contribution >= 4 is 15.9 Å². The number of alkyl halides is 1. The molecule has 0 N–H and O–H groups in total. The summed E-state index contributed by atoms with van der Waals surface area (Å²) in [5.41, 5.74) is -0.118. The molecule has 0 radical (unpaired) electrons. The van der Waals surface area contributed by atoms with Gasteiger partial charge < -0.3 is 14.2 Å². The van der Waals surface area contributed by atoms with Crippen LogP contribution in [0.4, 0.5) is 0 Å². The van der Waals surface area contributed by atoms with Crippen LogP contribution < -0.4 is 0 Å². The van der Waals surface area contributed by atoms with Gasteiger partial charge in [-0.3, -0.25) is 0 Å². The van der Waals surface area contributed by atoms with Crippen LogP contribution in [-0.4, -0.2) is 28.6 Å². The Morgan fingerprint density at radius 2 is 1.94 bits per heavy atom. The highest BCUT2D eigenvalue weighted by Gasteiger charge is 2.55. The van der Waals surface area contributed by atoms with Crippen LogP contribution in [0.3, 0.4) is 0 Å². The Labute approximate surface area is 117 Å². The first-order valence-electron chi connectivity index (χ1n) is 6.83. The molecule has 2 spiro atoms. The minimum Gasteiger partial charge on any atom is -0.346 e. The van der Waals surface area contributed by atoms with Crippen LogP contribution in [0.1, 0.15) is 46.0 Å². The molecule has 3 aliphatic heterocycles. The van der Waals surface area contributed by atoms with E-state index < -0.39 is 11.6 Å². The Morgan fingerprint density at radius 1 is 1.11 bits per heavy atom. The lowest BCUT2D eigenvalue weighted by Crippen LogP contribution is -2.54. The van der Waals surface area contributed by atoms with Gasteiger partial charge in [-0.25, -0.2) is 0 Å². The van der Waals surface area contributed by atoms with Gasteiger partial charge in [0.1, 0.15) is 0 Å². The Balaban J connectivity index is 1.86. The molecule has 0 aromatic heterocycles. The summed E-state index contributed by atoms with van der Waals surface area (Å²) in [6.07, 6.45) is 9.31. The third-order valence-electron chi connectivity index (χ3n) is 4.08. The van der Waals surface area contributed by atoms with Gasteiger partial charge in [-0.05, 0) is 39.2 Å². The quantitative estimate of drug-likeness (QED) is 0.505. The van der Waals surface area contributed by atoms with E-state index in [2.05, 4.69) is 41.9 Å². The largest absolute Gasteiger partial charge is 0.346 e. The number of ether oxygens (including phenoxy) is 3. The van der Waals surface area contributed by atoms with E-state index in [0.717, 1.165) is 38.7 Å². The van der Waals surface area contributed by atoms with Crippen molar-refractivity contribution in [1.29, 1.82) is 0 Å². The maximum Gasteiger partial charge on any atom is 0.191 e. The van der Waals surface area contributed by atoms with E-state index in [4.69, 9.17) is 14.2 Å². The minimum absolute atomic E-state index is 0.0999. The Bertz CT molecular complexity index is 360. The van der Waals surface area contributed by atoms with Crippen molar-refractivity contribution in [1.82, 2.24) is 0 Å². The molecule has 0 amide bonds. The van der Waals surface area contributed by atoms with E-state index in [0.29, 0.717) is 0 Å². The average Bonchev–Trinajstić information content (AvgIpc) is 2.63. The fraction of sp³-hybridized carbons (Fsp3) is 0.857. The van der Waals surface area contributed by atoms with Crippen molar-refractivity contribution in [2.45, 2.75) is 68.0 Å². The summed E-state index contributed by atoms with van der Waals surface area (Å²) in [4.78, 5) is 0.0999. The van der Waals surface area contributed by atoms with Gasteiger partial charge in [0.05, 0.1) is 17.0 Å². The normalized spacial score (nSPS) is 46.9. The third kappa shape index (κ3) is 2.17. The molecule has 0 aromatic rings. The lowest BCUT2D eigenvalue weighted by Gasteiger charge is -2.47. The van der Waals surface area contributed by atoms with E-state index in [9.17, 15) is 0 Å². The minimum atomic E-state index is -0.560. The van der Waals surface area contributed by atoms with Gasteiger partial charge in [0.2, 0.25) is 0 Å². The van der Waals surface area contributed by atoms with Crippen molar-refractivity contribution in [2.75, 3.05) is 6.61 Å². The molecule has 0 unspecified atom stereocenters. The summed E-state index contributed by atoms with van der Waals surface area (Å²) in [6, 6.07) is 0. The smallest absolute Gasteiger partial charge is 0.191 e. The molecule has 3 aliphatic rings. The second-order valence-electron chi connectivity index (χ2n) is 6.15. The van der Waals surface area contributed by atoms with Crippen molar-refractivity contribution in [2.24, 2.45) is 0 Å². The fourth-order valence-corrected chi connectivity index (χ4v) is 3.64. The van der Waals surface area contributed by atoms with E-state index in [1.165, 1.54) is 0 Å². The van der Waals surface area contributed by atoms with Crippen molar-refractivity contribution in [3.63, 3.8) is 0 Å². The van der Waals surface area contributed by atoms with Crippen molar-refractivity contribution < 1.29 is 14.2 Å². The molecule has 102 valence electrons. The predicted molar refractivity (Wildman–Crippen MR) is 72.6 cm³/mol. The van der Waals surface area contributed by atoms with Gasteiger partial charge in [-0.15, -0.1) is 0 Å². The standard InChI is InChI=1S/C14H21BrO3/c1-12(2)8-9-14(17-12)11(15)5-7-13(18-14)6-3-4-10-16-13/h5,7,11H,3-4,6,8-10H2,1-2H3/t11-,13-,14-/m0/s1.